The van der Waals surface area contributed by atoms with Crippen molar-refractivity contribution < 1.29 is 18.0 Å². The molecule has 0 radical (unpaired) electrons. The molecule has 0 bridgehead atoms. The van der Waals surface area contributed by atoms with E-state index in [-0.39, 0.29) is 23.8 Å². The fraction of sp³-hybridized carbons (Fsp3) is 0.297. The molecule has 0 aliphatic heterocycles. The Kier molecular flexibility index (Phi) is 11.0. The highest BCUT2D eigenvalue weighted by molar-refractivity contribution is 7.92. The average molecular weight is 660 g/mol. The third kappa shape index (κ3) is 8.77. The van der Waals surface area contributed by atoms with Crippen LogP contribution in [0.2, 0.25) is 5.02 Å². The van der Waals surface area contributed by atoms with E-state index in [4.69, 9.17) is 11.6 Å². The fourth-order valence-corrected chi connectivity index (χ4v) is 6.82. The number of hydrogen-bond donors (Lipinski definition) is 1. The van der Waals surface area contributed by atoms with E-state index in [1.54, 1.807) is 48.5 Å². The Morgan fingerprint density at radius 3 is 2.07 bits per heavy atom. The predicted octanol–water partition coefficient (Wildman–Crippen LogP) is 7.02. The van der Waals surface area contributed by atoms with Gasteiger partial charge in [-0.3, -0.25) is 13.9 Å². The maximum absolute atomic E-state index is 14.7. The van der Waals surface area contributed by atoms with Crippen molar-refractivity contribution in [2.45, 2.75) is 71.0 Å². The van der Waals surface area contributed by atoms with Crippen molar-refractivity contribution in [2.24, 2.45) is 0 Å². The van der Waals surface area contributed by atoms with E-state index >= 15 is 0 Å². The Labute approximate surface area is 278 Å². The molecular formula is C37H42ClN3O4S. The lowest BCUT2D eigenvalue weighted by Gasteiger charge is -2.35. The van der Waals surface area contributed by atoms with E-state index in [9.17, 15) is 18.0 Å². The first kappa shape index (κ1) is 34.7. The predicted molar refractivity (Wildman–Crippen MR) is 185 cm³/mol. The molecule has 0 aromatic heterocycles. The Hall–Kier alpha value is -4.14. The Balaban J connectivity index is 1.86. The number of carbonyl (C=O) groups excluding carboxylic acids is 2. The van der Waals surface area contributed by atoms with Crippen LogP contribution < -0.4 is 9.62 Å². The van der Waals surface area contributed by atoms with Gasteiger partial charge in [0.2, 0.25) is 11.8 Å². The summed E-state index contributed by atoms with van der Waals surface area (Å²) >= 11 is 6.58. The van der Waals surface area contributed by atoms with Gasteiger partial charge in [-0.15, -0.1) is 0 Å². The summed E-state index contributed by atoms with van der Waals surface area (Å²) in [6.45, 7) is 10.7. The third-order valence-electron chi connectivity index (χ3n) is 7.59. The smallest absolute Gasteiger partial charge is 0.264 e. The van der Waals surface area contributed by atoms with E-state index in [1.807, 2.05) is 90.1 Å². The summed E-state index contributed by atoms with van der Waals surface area (Å²) in [5.41, 5.74) is 3.75. The zero-order chi connectivity index (χ0) is 33.6. The van der Waals surface area contributed by atoms with Crippen molar-refractivity contribution in [2.75, 3.05) is 10.8 Å². The summed E-state index contributed by atoms with van der Waals surface area (Å²) in [5, 5.41) is 3.48. The van der Waals surface area contributed by atoms with Gasteiger partial charge in [0.05, 0.1) is 10.6 Å². The minimum absolute atomic E-state index is 0.00120. The van der Waals surface area contributed by atoms with Gasteiger partial charge in [-0.1, -0.05) is 90.0 Å². The summed E-state index contributed by atoms with van der Waals surface area (Å²) < 4.78 is 29.8. The van der Waals surface area contributed by atoms with Crippen LogP contribution in [0.1, 0.15) is 48.6 Å². The molecule has 1 N–H and O–H groups in total. The molecule has 4 rings (SSSR count). The zero-order valence-corrected chi connectivity index (χ0v) is 28.8. The van der Waals surface area contributed by atoms with Gasteiger partial charge in [0.25, 0.3) is 10.0 Å². The number of carbonyl (C=O) groups is 2. The summed E-state index contributed by atoms with van der Waals surface area (Å²) in [4.78, 5) is 30.2. The standard InChI is InChI=1S/C37H42ClN3O4S/c1-26-17-20-31(21-18-26)46(44,45)41(33-22-27(2)16-19-28(33)3)25-35(42)40(24-30-14-10-11-15-32(30)38)34(36(43)39-37(4,5)6)23-29-12-8-7-9-13-29/h7-22,34H,23-25H2,1-6H3,(H,39,43)/t34-/m0/s1. The minimum atomic E-state index is -4.19. The van der Waals surface area contributed by atoms with E-state index in [0.717, 1.165) is 21.0 Å². The molecule has 242 valence electrons. The monoisotopic (exact) mass is 659 g/mol. The highest BCUT2D eigenvalue weighted by Gasteiger charge is 2.36. The highest BCUT2D eigenvalue weighted by Crippen LogP contribution is 2.29. The maximum Gasteiger partial charge on any atom is 0.264 e. The molecule has 9 heteroatoms. The molecule has 0 spiro atoms. The molecular weight excluding hydrogens is 618 g/mol. The second-order valence-corrected chi connectivity index (χ2v) is 14.9. The first-order valence-electron chi connectivity index (χ1n) is 15.2. The number of benzene rings is 4. The van der Waals surface area contributed by atoms with Gasteiger partial charge >= 0.3 is 0 Å². The summed E-state index contributed by atoms with van der Waals surface area (Å²) in [5.74, 6) is -0.891. The van der Waals surface area contributed by atoms with Crippen LogP contribution in [0.15, 0.2) is 102 Å². The van der Waals surface area contributed by atoms with E-state index in [2.05, 4.69) is 5.32 Å². The molecule has 46 heavy (non-hydrogen) atoms. The van der Waals surface area contributed by atoms with Gasteiger partial charge in [-0.2, -0.15) is 0 Å². The largest absolute Gasteiger partial charge is 0.350 e. The van der Waals surface area contributed by atoms with Crippen LogP contribution in [0.25, 0.3) is 0 Å². The van der Waals surface area contributed by atoms with Gasteiger partial charge in [0, 0.05) is 23.5 Å². The number of halogens is 1. The molecule has 0 fully saturated rings. The third-order valence-corrected chi connectivity index (χ3v) is 9.73. The van der Waals surface area contributed by atoms with Crippen molar-refractivity contribution in [3.05, 3.63) is 130 Å². The Morgan fingerprint density at radius 2 is 1.43 bits per heavy atom. The lowest BCUT2D eigenvalue weighted by molar-refractivity contribution is -0.140. The van der Waals surface area contributed by atoms with Crippen molar-refractivity contribution >= 4 is 39.1 Å². The summed E-state index contributed by atoms with van der Waals surface area (Å²) in [6, 6.07) is 27.7. The van der Waals surface area contributed by atoms with Crippen molar-refractivity contribution in [1.82, 2.24) is 10.2 Å². The van der Waals surface area contributed by atoms with Crippen LogP contribution in [0.5, 0.6) is 0 Å². The fourth-order valence-electron chi connectivity index (χ4n) is 5.16. The van der Waals surface area contributed by atoms with Crippen molar-refractivity contribution in [3.63, 3.8) is 0 Å². The van der Waals surface area contributed by atoms with E-state index in [1.165, 1.54) is 4.90 Å². The van der Waals surface area contributed by atoms with Crippen LogP contribution in [-0.4, -0.2) is 43.3 Å². The zero-order valence-electron chi connectivity index (χ0n) is 27.2. The van der Waals surface area contributed by atoms with Gasteiger partial charge in [0.1, 0.15) is 12.6 Å². The molecule has 7 nitrogen and oxygen atoms in total. The number of hydrogen-bond acceptors (Lipinski definition) is 4. The first-order chi connectivity index (χ1) is 21.7. The molecule has 0 heterocycles. The minimum Gasteiger partial charge on any atom is -0.350 e. The maximum atomic E-state index is 14.7. The summed E-state index contributed by atoms with van der Waals surface area (Å²) in [7, 11) is -4.19. The molecule has 4 aromatic rings. The molecule has 1 atom stereocenters. The van der Waals surface area contributed by atoms with Crippen LogP contribution in [-0.2, 0) is 32.6 Å². The second-order valence-electron chi connectivity index (χ2n) is 12.7. The lowest BCUT2D eigenvalue weighted by Crippen LogP contribution is -2.56. The van der Waals surface area contributed by atoms with Gasteiger partial charge in [0.15, 0.2) is 0 Å². The van der Waals surface area contributed by atoms with Crippen molar-refractivity contribution in [1.29, 1.82) is 0 Å². The number of sulfonamides is 1. The van der Waals surface area contributed by atoms with Gasteiger partial charge < -0.3 is 10.2 Å². The first-order valence-corrected chi connectivity index (χ1v) is 17.0. The van der Waals surface area contributed by atoms with E-state index < -0.39 is 34.1 Å². The topological polar surface area (TPSA) is 86.8 Å². The molecule has 4 aromatic carbocycles. The quantitative estimate of drug-likeness (QED) is 0.188. The van der Waals surface area contributed by atoms with Crippen LogP contribution in [0.3, 0.4) is 0 Å². The van der Waals surface area contributed by atoms with Gasteiger partial charge in [-0.05, 0) is 88.1 Å². The van der Waals surface area contributed by atoms with Crippen LogP contribution >= 0.6 is 11.6 Å². The number of rotatable bonds is 11. The van der Waals surface area contributed by atoms with Gasteiger partial charge in [-0.25, -0.2) is 8.42 Å². The van der Waals surface area contributed by atoms with Crippen molar-refractivity contribution in [3.8, 4) is 0 Å². The van der Waals surface area contributed by atoms with Crippen LogP contribution in [0, 0.1) is 20.8 Å². The number of nitrogens with one attached hydrogen (secondary N) is 1. The molecule has 0 saturated heterocycles. The number of aryl methyl sites for hydroxylation is 3. The number of nitrogens with zero attached hydrogens (tertiary/aromatic N) is 2. The Bertz CT molecular complexity index is 1790. The molecule has 0 saturated carbocycles. The summed E-state index contributed by atoms with van der Waals surface area (Å²) in [6.07, 6.45) is 0.215. The molecule has 0 aliphatic carbocycles. The molecule has 0 unspecified atom stereocenters. The number of amides is 2. The number of anilines is 1. The van der Waals surface area contributed by atoms with Crippen LogP contribution in [0.4, 0.5) is 5.69 Å². The SMILES string of the molecule is Cc1ccc(S(=O)(=O)N(CC(=O)N(Cc2ccccc2Cl)[C@@H](Cc2ccccc2)C(=O)NC(C)(C)C)c2cc(C)ccc2C)cc1. The average Bonchev–Trinajstić information content (AvgIpc) is 2.99. The molecule has 2 amide bonds. The molecule has 0 aliphatic rings. The lowest BCUT2D eigenvalue weighted by atomic mass is 10.0. The van der Waals surface area contributed by atoms with E-state index in [0.29, 0.717) is 21.8 Å². The Morgan fingerprint density at radius 1 is 0.826 bits per heavy atom. The normalized spacial score (nSPS) is 12.3. The highest BCUT2D eigenvalue weighted by atomic mass is 35.5. The second kappa shape index (κ2) is 14.5.